The topological polar surface area (TPSA) is 73.6 Å². The van der Waals surface area contributed by atoms with Crippen molar-refractivity contribution in [2.75, 3.05) is 10.6 Å². The lowest BCUT2D eigenvalue weighted by Crippen LogP contribution is -2.03. The van der Waals surface area contributed by atoms with Crippen LogP contribution in [-0.2, 0) is 0 Å². The summed E-state index contributed by atoms with van der Waals surface area (Å²) < 4.78 is 0.974. The molecular formula is C18H14BrN5. The highest BCUT2D eigenvalue weighted by atomic mass is 79.9. The summed E-state index contributed by atoms with van der Waals surface area (Å²) in [5.74, 6) is 1.12. The molecule has 3 aromatic rings. The van der Waals surface area contributed by atoms with E-state index in [-0.39, 0.29) is 0 Å². The number of rotatable bonds is 4. The number of benzene rings is 2. The minimum Gasteiger partial charge on any atom is -0.339 e. The number of halogens is 1. The minimum absolute atomic E-state index is 0.491. The molecule has 0 spiro atoms. The minimum atomic E-state index is 0.491. The second-order valence-electron chi connectivity index (χ2n) is 5.14. The molecule has 0 aliphatic rings. The fourth-order valence-electron chi connectivity index (χ4n) is 2.21. The van der Waals surface area contributed by atoms with Gasteiger partial charge in [0.2, 0.25) is 5.95 Å². The van der Waals surface area contributed by atoms with Gasteiger partial charge in [0.1, 0.15) is 11.9 Å². The number of nitriles is 1. The Balaban J connectivity index is 1.88. The molecule has 0 saturated heterocycles. The molecule has 2 N–H and O–H groups in total. The van der Waals surface area contributed by atoms with E-state index in [0.717, 1.165) is 15.9 Å². The lowest BCUT2D eigenvalue weighted by Gasteiger charge is -2.11. The number of aryl methyl sites for hydroxylation is 1. The zero-order valence-electron chi connectivity index (χ0n) is 12.9. The predicted molar refractivity (Wildman–Crippen MR) is 98.6 cm³/mol. The maximum atomic E-state index is 9.19. The van der Waals surface area contributed by atoms with Gasteiger partial charge in [0.15, 0.2) is 0 Å². The van der Waals surface area contributed by atoms with Crippen LogP contribution < -0.4 is 10.6 Å². The highest BCUT2D eigenvalue weighted by Gasteiger charge is 2.06. The maximum Gasteiger partial charge on any atom is 0.229 e. The summed E-state index contributed by atoms with van der Waals surface area (Å²) in [6.07, 6.45) is 0. The van der Waals surface area contributed by atoms with Crippen molar-refractivity contribution < 1.29 is 0 Å². The van der Waals surface area contributed by atoms with Crippen LogP contribution in [0.3, 0.4) is 0 Å². The molecule has 118 valence electrons. The zero-order chi connectivity index (χ0) is 16.9. The Morgan fingerprint density at radius 2 is 1.83 bits per heavy atom. The van der Waals surface area contributed by atoms with Gasteiger partial charge in [-0.1, -0.05) is 34.1 Å². The van der Waals surface area contributed by atoms with Crippen LogP contribution in [0.15, 0.2) is 59.1 Å². The predicted octanol–water partition coefficient (Wildman–Crippen LogP) is 4.91. The summed E-state index contributed by atoms with van der Waals surface area (Å²) in [5.41, 5.74) is 2.99. The molecule has 0 bridgehead atoms. The SMILES string of the molecule is Cc1cc(Nc2ccccc2C#N)nc(Nc2cccc(Br)c2)n1. The normalized spacial score (nSPS) is 10.0. The fraction of sp³-hybridized carbons (Fsp3) is 0.0556. The summed E-state index contributed by atoms with van der Waals surface area (Å²) in [7, 11) is 0. The molecule has 0 fully saturated rings. The Kier molecular flexibility index (Phi) is 4.73. The number of para-hydroxylation sites is 1. The molecule has 0 amide bonds. The summed E-state index contributed by atoms with van der Waals surface area (Å²) in [6.45, 7) is 1.90. The van der Waals surface area contributed by atoms with Gasteiger partial charge in [-0.05, 0) is 37.3 Å². The molecule has 2 aromatic carbocycles. The van der Waals surface area contributed by atoms with Gasteiger partial charge in [-0.2, -0.15) is 10.2 Å². The van der Waals surface area contributed by atoms with Gasteiger partial charge in [0, 0.05) is 21.9 Å². The van der Waals surface area contributed by atoms with Gasteiger partial charge in [-0.25, -0.2) is 4.98 Å². The van der Waals surface area contributed by atoms with Crippen molar-refractivity contribution in [3.8, 4) is 6.07 Å². The fourth-order valence-corrected chi connectivity index (χ4v) is 2.61. The van der Waals surface area contributed by atoms with Gasteiger partial charge < -0.3 is 10.6 Å². The van der Waals surface area contributed by atoms with Crippen molar-refractivity contribution in [3.63, 3.8) is 0 Å². The van der Waals surface area contributed by atoms with Crippen LogP contribution in [0.2, 0.25) is 0 Å². The smallest absolute Gasteiger partial charge is 0.229 e. The second-order valence-corrected chi connectivity index (χ2v) is 6.05. The lowest BCUT2D eigenvalue weighted by molar-refractivity contribution is 1.11. The number of anilines is 4. The quantitative estimate of drug-likeness (QED) is 0.673. The van der Waals surface area contributed by atoms with Crippen molar-refractivity contribution >= 4 is 39.1 Å². The van der Waals surface area contributed by atoms with Crippen LogP contribution in [0.4, 0.5) is 23.1 Å². The van der Waals surface area contributed by atoms with Crippen LogP contribution >= 0.6 is 15.9 Å². The Morgan fingerprint density at radius 3 is 2.62 bits per heavy atom. The van der Waals surface area contributed by atoms with Gasteiger partial charge in [-0.3, -0.25) is 0 Å². The zero-order valence-corrected chi connectivity index (χ0v) is 14.5. The summed E-state index contributed by atoms with van der Waals surface area (Å²) in [5, 5.41) is 15.5. The highest BCUT2D eigenvalue weighted by molar-refractivity contribution is 9.10. The number of nitrogens with zero attached hydrogens (tertiary/aromatic N) is 3. The first kappa shape index (κ1) is 16.0. The average Bonchev–Trinajstić information content (AvgIpc) is 2.55. The number of aromatic nitrogens is 2. The van der Waals surface area contributed by atoms with Crippen molar-refractivity contribution in [2.24, 2.45) is 0 Å². The molecule has 24 heavy (non-hydrogen) atoms. The van der Waals surface area contributed by atoms with E-state index in [1.807, 2.05) is 55.5 Å². The number of nitrogens with one attached hydrogen (secondary N) is 2. The van der Waals surface area contributed by atoms with Crippen LogP contribution in [0, 0.1) is 18.3 Å². The van der Waals surface area contributed by atoms with Gasteiger partial charge in [0.05, 0.1) is 11.3 Å². The Hall–Kier alpha value is -2.91. The van der Waals surface area contributed by atoms with Crippen LogP contribution in [0.25, 0.3) is 0 Å². The molecule has 0 saturated carbocycles. The Bertz CT molecular complexity index is 917. The molecule has 5 nitrogen and oxygen atoms in total. The summed E-state index contributed by atoms with van der Waals surface area (Å²) in [4.78, 5) is 8.87. The third-order valence-electron chi connectivity index (χ3n) is 3.25. The molecule has 6 heteroatoms. The molecule has 0 unspecified atom stereocenters. The molecule has 0 atom stereocenters. The molecule has 1 aromatic heterocycles. The van der Waals surface area contributed by atoms with Crippen LogP contribution in [-0.4, -0.2) is 9.97 Å². The first-order chi connectivity index (χ1) is 11.6. The molecule has 0 aliphatic carbocycles. The first-order valence-corrected chi connectivity index (χ1v) is 8.08. The first-order valence-electron chi connectivity index (χ1n) is 7.28. The molecule has 3 rings (SSSR count). The average molecular weight is 380 g/mol. The third-order valence-corrected chi connectivity index (χ3v) is 3.74. The summed E-state index contributed by atoms with van der Waals surface area (Å²) in [6, 6.07) is 19.1. The van der Waals surface area contributed by atoms with Crippen molar-refractivity contribution in [2.45, 2.75) is 6.92 Å². The van der Waals surface area contributed by atoms with E-state index in [4.69, 9.17) is 0 Å². The van der Waals surface area contributed by atoms with E-state index < -0.39 is 0 Å². The van der Waals surface area contributed by atoms with E-state index >= 15 is 0 Å². The Morgan fingerprint density at radius 1 is 1.00 bits per heavy atom. The van der Waals surface area contributed by atoms with Crippen LogP contribution in [0.5, 0.6) is 0 Å². The van der Waals surface area contributed by atoms with Gasteiger partial charge >= 0.3 is 0 Å². The molecule has 0 radical (unpaired) electrons. The summed E-state index contributed by atoms with van der Waals surface area (Å²) >= 11 is 3.44. The third kappa shape index (κ3) is 3.89. The van der Waals surface area contributed by atoms with E-state index in [2.05, 4.69) is 42.6 Å². The van der Waals surface area contributed by atoms with Gasteiger partial charge in [0.25, 0.3) is 0 Å². The van der Waals surface area contributed by atoms with E-state index in [9.17, 15) is 5.26 Å². The maximum absolute atomic E-state index is 9.19. The van der Waals surface area contributed by atoms with E-state index in [1.165, 1.54) is 0 Å². The van der Waals surface area contributed by atoms with E-state index in [0.29, 0.717) is 23.0 Å². The number of hydrogen-bond acceptors (Lipinski definition) is 5. The largest absolute Gasteiger partial charge is 0.339 e. The van der Waals surface area contributed by atoms with Gasteiger partial charge in [-0.15, -0.1) is 0 Å². The van der Waals surface area contributed by atoms with Crippen molar-refractivity contribution in [1.29, 1.82) is 5.26 Å². The monoisotopic (exact) mass is 379 g/mol. The van der Waals surface area contributed by atoms with Crippen molar-refractivity contribution in [1.82, 2.24) is 9.97 Å². The van der Waals surface area contributed by atoms with Crippen LogP contribution in [0.1, 0.15) is 11.3 Å². The molecule has 0 aliphatic heterocycles. The standard InChI is InChI=1S/C18H14BrN5/c1-12-9-17(23-16-8-3-2-5-13(16)11-20)24-18(21-12)22-15-7-4-6-14(19)10-15/h2-10H,1H3,(H2,21,22,23,24). The van der Waals surface area contributed by atoms with E-state index in [1.54, 1.807) is 6.07 Å². The Labute approximate surface area is 148 Å². The highest BCUT2D eigenvalue weighted by Crippen LogP contribution is 2.22. The second kappa shape index (κ2) is 7.11. The number of hydrogen-bond donors (Lipinski definition) is 2. The van der Waals surface area contributed by atoms with Crippen molar-refractivity contribution in [3.05, 3.63) is 70.3 Å². The lowest BCUT2D eigenvalue weighted by atomic mass is 10.2. The molecule has 1 heterocycles. The molecular weight excluding hydrogens is 366 g/mol.